The van der Waals surface area contributed by atoms with Gasteiger partial charge in [0.15, 0.2) is 0 Å². The molecule has 2 atom stereocenters. The maximum Gasteiger partial charge on any atom is 0.0730 e. The SMILES string of the molecule is CC=CC[C@@H](C)C[C@H](O)/C=C/I. The molecule has 0 amide bonds. The predicted molar refractivity (Wildman–Crippen MR) is 62.4 cm³/mol. The molecule has 1 nitrogen and oxygen atoms in total. The Hall–Kier alpha value is 0.170. The van der Waals surface area contributed by atoms with Crippen LogP contribution in [0.5, 0.6) is 0 Å². The number of rotatable bonds is 5. The molecular weight excluding hydrogens is 263 g/mol. The molecule has 0 aliphatic carbocycles. The minimum Gasteiger partial charge on any atom is -0.389 e. The van der Waals surface area contributed by atoms with Crippen LogP contribution in [0, 0.1) is 5.92 Å². The van der Waals surface area contributed by atoms with Crippen LogP contribution in [0.3, 0.4) is 0 Å². The van der Waals surface area contributed by atoms with Crippen LogP contribution in [0.1, 0.15) is 26.7 Å². The molecular formula is C10H17IO. The molecule has 0 bridgehead atoms. The first-order valence-corrected chi connectivity index (χ1v) is 5.51. The van der Waals surface area contributed by atoms with E-state index < -0.39 is 0 Å². The van der Waals surface area contributed by atoms with Gasteiger partial charge >= 0.3 is 0 Å². The fraction of sp³-hybridized carbons (Fsp3) is 0.600. The molecule has 0 aliphatic heterocycles. The van der Waals surface area contributed by atoms with Gasteiger partial charge in [0, 0.05) is 0 Å². The van der Waals surface area contributed by atoms with Crippen molar-refractivity contribution in [3.8, 4) is 0 Å². The Labute approximate surface area is 88.7 Å². The summed E-state index contributed by atoms with van der Waals surface area (Å²) in [4.78, 5) is 0. The molecule has 0 heterocycles. The van der Waals surface area contributed by atoms with E-state index in [9.17, 15) is 5.11 Å². The average molecular weight is 280 g/mol. The van der Waals surface area contributed by atoms with Gasteiger partial charge in [0.05, 0.1) is 6.10 Å². The highest BCUT2D eigenvalue weighted by Gasteiger charge is 2.05. The first-order chi connectivity index (χ1) is 5.70. The molecule has 0 aromatic heterocycles. The summed E-state index contributed by atoms with van der Waals surface area (Å²) in [6.45, 7) is 4.18. The highest BCUT2D eigenvalue weighted by atomic mass is 127. The van der Waals surface area contributed by atoms with Gasteiger partial charge in [-0.2, -0.15) is 0 Å². The third-order valence-electron chi connectivity index (χ3n) is 1.71. The fourth-order valence-electron chi connectivity index (χ4n) is 1.04. The Morgan fingerprint density at radius 3 is 2.67 bits per heavy atom. The van der Waals surface area contributed by atoms with E-state index in [0.717, 1.165) is 12.8 Å². The van der Waals surface area contributed by atoms with Gasteiger partial charge in [-0.05, 0) is 29.8 Å². The van der Waals surface area contributed by atoms with Gasteiger partial charge in [-0.1, -0.05) is 47.7 Å². The molecule has 2 heteroatoms. The van der Waals surface area contributed by atoms with Crippen molar-refractivity contribution in [2.45, 2.75) is 32.8 Å². The monoisotopic (exact) mass is 280 g/mol. The summed E-state index contributed by atoms with van der Waals surface area (Å²) < 4.78 is 1.87. The molecule has 70 valence electrons. The van der Waals surface area contributed by atoms with E-state index in [-0.39, 0.29) is 6.10 Å². The van der Waals surface area contributed by atoms with Gasteiger partial charge in [-0.25, -0.2) is 0 Å². The van der Waals surface area contributed by atoms with Crippen molar-refractivity contribution in [1.29, 1.82) is 0 Å². The zero-order valence-electron chi connectivity index (χ0n) is 7.70. The van der Waals surface area contributed by atoms with Crippen molar-refractivity contribution >= 4 is 22.6 Å². The van der Waals surface area contributed by atoms with Crippen LogP contribution in [-0.4, -0.2) is 11.2 Å². The molecule has 12 heavy (non-hydrogen) atoms. The summed E-state index contributed by atoms with van der Waals surface area (Å²) in [6.07, 6.45) is 7.66. The van der Waals surface area contributed by atoms with Gasteiger partial charge in [-0.15, -0.1) is 0 Å². The van der Waals surface area contributed by atoms with Crippen molar-refractivity contribution < 1.29 is 5.11 Å². The van der Waals surface area contributed by atoms with Crippen molar-refractivity contribution in [2.24, 2.45) is 5.92 Å². The molecule has 0 saturated carbocycles. The van der Waals surface area contributed by atoms with Crippen LogP contribution >= 0.6 is 22.6 Å². The van der Waals surface area contributed by atoms with Gasteiger partial charge in [0.25, 0.3) is 0 Å². The molecule has 0 aromatic carbocycles. The van der Waals surface area contributed by atoms with E-state index in [1.807, 2.05) is 17.1 Å². The molecule has 0 aromatic rings. The standard InChI is InChI=1S/C10H17IO/c1-3-4-5-9(2)8-10(12)6-7-11/h3-4,6-7,9-10,12H,5,8H2,1-2H3/b4-3?,7-6+/t9-,10-/m1/s1. The topological polar surface area (TPSA) is 20.2 Å². The highest BCUT2D eigenvalue weighted by Crippen LogP contribution is 2.12. The zero-order chi connectivity index (χ0) is 9.40. The maximum atomic E-state index is 9.40. The quantitative estimate of drug-likeness (QED) is 0.605. The molecule has 0 saturated heterocycles. The lowest BCUT2D eigenvalue weighted by Gasteiger charge is -2.10. The van der Waals surface area contributed by atoms with Crippen molar-refractivity contribution in [1.82, 2.24) is 0 Å². The third kappa shape index (κ3) is 6.85. The number of aliphatic hydroxyl groups is 1. The lowest BCUT2D eigenvalue weighted by Crippen LogP contribution is -2.07. The van der Waals surface area contributed by atoms with Gasteiger partial charge in [0.1, 0.15) is 0 Å². The highest BCUT2D eigenvalue weighted by molar-refractivity contribution is 14.1. The Balaban J connectivity index is 3.60. The van der Waals surface area contributed by atoms with Crippen molar-refractivity contribution in [2.75, 3.05) is 0 Å². The summed E-state index contributed by atoms with van der Waals surface area (Å²) in [5.74, 6) is 0.559. The van der Waals surface area contributed by atoms with E-state index in [2.05, 4.69) is 41.7 Å². The minimum atomic E-state index is -0.276. The fourth-order valence-corrected chi connectivity index (χ4v) is 1.52. The molecule has 0 fully saturated rings. The molecule has 0 unspecified atom stereocenters. The smallest absolute Gasteiger partial charge is 0.0730 e. The number of allylic oxidation sites excluding steroid dienone is 2. The summed E-state index contributed by atoms with van der Waals surface area (Å²) in [5.41, 5.74) is 0. The van der Waals surface area contributed by atoms with Crippen molar-refractivity contribution in [3.05, 3.63) is 22.3 Å². The normalized spacial score (nSPS) is 17.3. The van der Waals surface area contributed by atoms with E-state index in [1.165, 1.54) is 0 Å². The van der Waals surface area contributed by atoms with Crippen LogP contribution < -0.4 is 0 Å². The van der Waals surface area contributed by atoms with Gasteiger partial charge < -0.3 is 5.11 Å². The first kappa shape index (κ1) is 12.2. The zero-order valence-corrected chi connectivity index (χ0v) is 9.86. The number of halogens is 1. The van der Waals surface area contributed by atoms with E-state index in [4.69, 9.17) is 0 Å². The van der Waals surface area contributed by atoms with Crippen LogP contribution in [0.4, 0.5) is 0 Å². The minimum absolute atomic E-state index is 0.276. The predicted octanol–water partition coefficient (Wildman–Crippen LogP) is 3.29. The lowest BCUT2D eigenvalue weighted by atomic mass is 10.00. The largest absolute Gasteiger partial charge is 0.389 e. The average Bonchev–Trinajstić information content (AvgIpc) is 2.01. The van der Waals surface area contributed by atoms with E-state index >= 15 is 0 Å². The second-order valence-electron chi connectivity index (χ2n) is 3.03. The van der Waals surface area contributed by atoms with E-state index in [1.54, 1.807) is 0 Å². The first-order valence-electron chi connectivity index (χ1n) is 4.26. The number of hydrogen-bond acceptors (Lipinski definition) is 1. The second-order valence-corrected chi connectivity index (χ2v) is 3.75. The third-order valence-corrected chi connectivity index (χ3v) is 2.13. The Kier molecular flexibility index (Phi) is 7.91. The molecule has 1 N–H and O–H groups in total. The Morgan fingerprint density at radius 1 is 1.50 bits per heavy atom. The Bertz CT molecular complexity index is 152. The number of aliphatic hydroxyl groups excluding tert-OH is 1. The molecule has 0 rings (SSSR count). The second kappa shape index (κ2) is 7.80. The summed E-state index contributed by atoms with van der Waals surface area (Å²) in [5, 5.41) is 9.40. The molecule has 0 spiro atoms. The summed E-state index contributed by atoms with van der Waals surface area (Å²) >= 11 is 2.12. The van der Waals surface area contributed by atoms with Crippen LogP contribution in [0.25, 0.3) is 0 Å². The van der Waals surface area contributed by atoms with Crippen LogP contribution in [-0.2, 0) is 0 Å². The molecule has 0 aliphatic rings. The van der Waals surface area contributed by atoms with Gasteiger partial charge in [0.2, 0.25) is 0 Å². The summed E-state index contributed by atoms with van der Waals surface area (Å²) in [7, 11) is 0. The number of hydrogen-bond donors (Lipinski definition) is 1. The van der Waals surface area contributed by atoms with Crippen molar-refractivity contribution in [3.63, 3.8) is 0 Å². The van der Waals surface area contributed by atoms with Crippen LogP contribution in [0.15, 0.2) is 22.3 Å². The lowest BCUT2D eigenvalue weighted by molar-refractivity contribution is 0.191. The Morgan fingerprint density at radius 2 is 2.17 bits per heavy atom. The van der Waals surface area contributed by atoms with Crippen LogP contribution in [0.2, 0.25) is 0 Å². The maximum absolute atomic E-state index is 9.40. The van der Waals surface area contributed by atoms with Gasteiger partial charge in [-0.3, -0.25) is 0 Å². The summed E-state index contributed by atoms with van der Waals surface area (Å²) in [6, 6.07) is 0. The van der Waals surface area contributed by atoms with E-state index in [0.29, 0.717) is 5.92 Å². The molecule has 0 radical (unpaired) electrons.